The molecule has 1 amide bonds. The van der Waals surface area contributed by atoms with Crippen molar-refractivity contribution >= 4 is 34.9 Å². The van der Waals surface area contributed by atoms with Crippen molar-refractivity contribution in [3.05, 3.63) is 28.9 Å². The number of carbonyl (C=O) groups excluding carboxylic acids is 1. The van der Waals surface area contributed by atoms with Crippen molar-refractivity contribution in [1.82, 2.24) is 25.0 Å². The van der Waals surface area contributed by atoms with Crippen molar-refractivity contribution in [1.29, 1.82) is 0 Å². The monoisotopic (exact) mass is 286 g/mol. The Labute approximate surface area is 112 Å². The quantitative estimate of drug-likeness (QED) is 0.678. The molecule has 0 aliphatic rings. The summed E-state index contributed by atoms with van der Waals surface area (Å²) in [5, 5.41) is 10.1. The average Bonchev–Trinajstić information content (AvgIpc) is 2.77. The third-order valence-corrected chi connectivity index (χ3v) is 2.34. The van der Waals surface area contributed by atoms with Gasteiger partial charge in [0.2, 0.25) is 11.2 Å². The number of anilines is 1. The first-order valence-corrected chi connectivity index (χ1v) is 5.73. The summed E-state index contributed by atoms with van der Waals surface area (Å²) >= 11 is 11.3. The molecule has 0 fully saturated rings. The van der Waals surface area contributed by atoms with Crippen molar-refractivity contribution in [2.24, 2.45) is 0 Å². The molecule has 2 rings (SSSR count). The number of hydrogen-bond donors (Lipinski definition) is 1. The molecule has 0 saturated heterocycles. The summed E-state index contributed by atoms with van der Waals surface area (Å²) in [6.45, 7) is 0.429. The van der Waals surface area contributed by atoms with Crippen LogP contribution in [0.5, 0.6) is 0 Å². The van der Waals surface area contributed by atoms with Crippen LogP contribution in [0.25, 0.3) is 0 Å². The van der Waals surface area contributed by atoms with Gasteiger partial charge in [0.25, 0.3) is 0 Å². The third-order valence-electron chi connectivity index (χ3n) is 1.97. The van der Waals surface area contributed by atoms with E-state index in [1.54, 1.807) is 17.1 Å². The maximum atomic E-state index is 11.6. The van der Waals surface area contributed by atoms with Gasteiger partial charge in [-0.25, -0.2) is 9.97 Å². The van der Waals surface area contributed by atoms with Crippen LogP contribution in [-0.4, -0.2) is 30.9 Å². The fourth-order valence-corrected chi connectivity index (χ4v) is 1.64. The van der Waals surface area contributed by atoms with Crippen LogP contribution in [0.1, 0.15) is 6.42 Å². The third kappa shape index (κ3) is 3.64. The van der Waals surface area contributed by atoms with Gasteiger partial charge in [0.05, 0.1) is 12.7 Å². The van der Waals surface area contributed by atoms with E-state index < -0.39 is 0 Å². The second-order valence-corrected chi connectivity index (χ2v) is 4.03. The molecule has 7 nitrogen and oxygen atoms in total. The zero-order chi connectivity index (χ0) is 13.0. The SMILES string of the molecule is O=C(CCn1ccnn1)Nc1cc(Cl)nc(Cl)n1. The summed E-state index contributed by atoms with van der Waals surface area (Å²) in [6, 6.07) is 1.42. The van der Waals surface area contributed by atoms with Gasteiger partial charge >= 0.3 is 0 Å². The molecule has 18 heavy (non-hydrogen) atoms. The van der Waals surface area contributed by atoms with E-state index in [1.807, 2.05) is 0 Å². The molecule has 0 aliphatic carbocycles. The smallest absolute Gasteiger partial charge is 0.227 e. The molecular weight excluding hydrogens is 279 g/mol. The Morgan fingerprint density at radius 2 is 2.22 bits per heavy atom. The molecule has 9 heteroatoms. The molecule has 0 aromatic carbocycles. The van der Waals surface area contributed by atoms with Crippen LogP contribution in [0.4, 0.5) is 5.82 Å². The van der Waals surface area contributed by atoms with Crippen molar-refractivity contribution in [3.8, 4) is 0 Å². The van der Waals surface area contributed by atoms with Crippen molar-refractivity contribution < 1.29 is 4.79 Å². The minimum atomic E-state index is -0.226. The molecule has 0 unspecified atom stereocenters. The first kappa shape index (κ1) is 12.7. The lowest BCUT2D eigenvalue weighted by Crippen LogP contribution is -2.15. The lowest BCUT2D eigenvalue weighted by atomic mass is 10.4. The number of nitrogens with one attached hydrogen (secondary N) is 1. The van der Waals surface area contributed by atoms with Gasteiger partial charge in [0.1, 0.15) is 11.0 Å². The first-order valence-electron chi connectivity index (χ1n) is 4.97. The molecule has 0 saturated carbocycles. The van der Waals surface area contributed by atoms with Gasteiger partial charge in [-0.15, -0.1) is 5.10 Å². The van der Waals surface area contributed by atoms with Crippen molar-refractivity contribution in [2.45, 2.75) is 13.0 Å². The first-order chi connectivity index (χ1) is 8.63. The normalized spacial score (nSPS) is 10.3. The highest BCUT2D eigenvalue weighted by atomic mass is 35.5. The maximum absolute atomic E-state index is 11.6. The summed E-state index contributed by atoms with van der Waals surface area (Å²) in [6.07, 6.45) is 3.45. The minimum Gasteiger partial charge on any atom is -0.310 e. The van der Waals surface area contributed by atoms with Gasteiger partial charge in [0.15, 0.2) is 0 Å². The van der Waals surface area contributed by atoms with E-state index in [-0.39, 0.29) is 28.6 Å². The molecule has 2 aromatic rings. The number of amides is 1. The fourth-order valence-electron chi connectivity index (χ4n) is 1.23. The number of aromatic nitrogens is 5. The standard InChI is InChI=1S/C9H8Cl2N6O/c10-6-5-7(15-9(11)13-6)14-8(18)1-3-17-4-2-12-16-17/h2,4-5H,1,3H2,(H,13,14,15,18). The van der Waals surface area contributed by atoms with E-state index in [4.69, 9.17) is 23.2 Å². The zero-order valence-corrected chi connectivity index (χ0v) is 10.6. The molecule has 1 N–H and O–H groups in total. The Morgan fingerprint density at radius 3 is 2.89 bits per heavy atom. The highest BCUT2D eigenvalue weighted by molar-refractivity contribution is 6.32. The van der Waals surface area contributed by atoms with E-state index in [0.717, 1.165) is 0 Å². The molecule has 0 spiro atoms. The van der Waals surface area contributed by atoms with Crippen LogP contribution >= 0.6 is 23.2 Å². The van der Waals surface area contributed by atoms with Crippen molar-refractivity contribution in [3.63, 3.8) is 0 Å². The maximum Gasteiger partial charge on any atom is 0.227 e. The second kappa shape index (κ2) is 5.74. The van der Waals surface area contributed by atoms with Gasteiger partial charge in [-0.05, 0) is 11.6 Å². The predicted molar refractivity (Wildman–Crippen MR) is 65.3 cm³/mol. The number of carbonyl (C=O) groups is 1. The minimum absolute atomic E-state index is 0.0194. The van der Waals surface area contributed by atoms with E-state index in [2.05, 4.69) is 25.6 Å². The Hall–Kier alpha value is -1.73. The van der Waals surface area contributed by atoms with Crippen LogP contribution < -0.4 is 5.32 Å². The predicted octanol–water partition coefficient (Wildman–Crippen LogP) is 1.40. The molecule has 2 aromatic heterocycles. The Balaban J connectivity index is 1.90. The molecule has 94 valence electrons. The number of aryl methyl sites for hydroxylation is 1. The van der Waals surface area contributed by atoms with Gasteiger partial charge in [0, 0.05) is 18.7 Å². The molecule has 0 bridgehead atoms. The van der Waals surface area contributed by atoms with Crippen molar-refractivity contribution in [2.75, 3.05) is 5.32 Å². The molecule has 0 radical (unpaired) electrons. The molecular formula is C9H8Cl2N6O. The van der Waals surface area contributed by atoms with E-state index in [9.17, 15) is 4.79 Å². The summed E-state index contributed by atoms with van der Waals surface area (Å²) in [5.74, 6) is 0.0416. The van der Waals surface area contributed by atoms with Gasteiger partial charge < -0.3 is 5.32 Å². The highest BCUT2D eigenvalue weighted by Gasteiger charge is 2.06. The van der Waals surface area contributed by atoms with E-state index in [0.29, 0.717) is 6.54 Å². The topological polar surface area (TPSA) is 85.6 Å². The Morgan fingerprint density at radius 1 is 1.39 bits per heavy atom. The zero-order valence-electron chi connectivity index (χ0n) is 9.05. The lowest BCUT2D eigenvalue weighted by Gasteiger charge is -2.04. The molecule has 0 aliphatic heterocycles. The highest BCUT2D eigenvalue weighted by Crippen LogP contribution is 2.14. The van der Waals surface area contributed by atoms with Crippen LogP contribution in [0, 0.1) is 0 Å². The fraction of sp³-hybridized carbons (Fsp3) is 0.222. The summed E-state index contributed by atoms with van der Waals surface area (Å²) < 4.78 is 1.56. The number of nitrogens with zero attached hydrogens (tertiary/aromatic N) is 5. The second-order valence-electron chi connectivity index (χ2n) is 3.31. The molecule has 0 atom stereocenters. The Bertz CT molecular complexity index is 524. The van der Waals surface area contributed by atoms with Crippen LogP contribution in [0.3, 0.4) is 0 Å². The van der Waals surface area contributed by atoms with E-state index in [1.165, 1.54) is 6.07 Å². The summed E-state index contributed by atoms with van der Waals surface area (Å²) in [5.41, 5.74) is 0. The summed E-state index contributed by atoms with van der Waals surface area (Å²) in [7, 11) is 0. The van der Waals surface area contributed by atoms with E-state index >= 15 is 0 Å². The summed E-state index contributed by atoms with van der Waals surface area (Å²) in [4.78, 5) is 19.1. The van der Waals surface area contributed by atoms with Crippen LogP contribution in [-0.2, 0) is 11.3 Å². The number of rotatable bonds is 4. The average molecular weight is 287 g/mol. The van der Waals surface area contributed by atoms with Gasteiger partial charge in [-0.2, -0.15) is 0 Å². The van der Waals surface area contributed by atoms with Gasteiger partial charge in [-0.1, -0.05) is 16.8 Å². The van der Waals surface area contributed by atoms with Crippen LogP contribution in [0.15, 0.2) is 18.5 Å². The number of halogens is 2. The largest absolute Gasteiger partial charge is 0.310 e. The van der Waals surface area contributed by atoms with Crippen LogP contribution in [0.2, 0.25) is 10.4 Å². The van der Waals surface area contributed by atoms with Gasteiger partial charge in [-0.3, -0.25) is 9.48 Å². The number of hydrogen-bond acceptors (Lipinski definition) is 5. The Kier molecular flexibility index (Phi) is 4.06. The lowest BCUT2D eigenvalue weighted by molar-refractivity contribution is -0.116. The molecule has 2 heterocycles.